The molecule has 3 rings (SSSR count). The predicted molar refractivity (Wildman–Crippen MR) is 98.5 cm³/mol. The topological polar surface area (TPSA) is 70.8 Å². The summed E-state index contributed by atoms with van der Waals surface area (Å²) in [5, 5.41) is 0. The number of rotatable bonds is 5. The Bertz CT molecular complexity index is 836. The van der Waals surface area contributed by atoms with Crippen LogP contribution in [0.25, 0.3) is 0 Å². The molecule has 0 radical (unpaired) electrons. The summed E-state index contributed by atoms with van der Waals surface area (Å²) in [5.74, 6) is 0.276. The van der Waals surface area contributed by atoms with Gasteiger partial charge in [-0.2, -0.15) is 4.31 Å². The van der Waals surface area contributed by atoms with Crippen molar-refractivity contribution in [3.8, 4) is 0 Å². The predicted octanol–water partition coefficient (Wildman–Crippen LogP) is 2.94. The van der Waals surface area contributed by atoms with Crippen LogP contribution in [0.2, 0.25) is 0 Å². The minimum absolute atomic E-state index is 0.131. The average molecular weight is 376 g/mol. The Balaban J connectivity index is 1.67. The summed E-state index contributed by atoms with van der Waals surface area (Å²) in [7, 11) is -3.54. The van der Waals surface area contributed by atoms with Crippen LogP contribution in [-0.2, 0) is 10.0 Å². The first kappa shape index (κ1) is 18.7. The molecule has 1 aliphatic rings. The molecule has 1 amide bonds. The van der Waals surface area contributed by atoms with Gasteiger partial charge < -0.3 is 9.32 Å². The van der Waals surface area contributed by atoms with E-state index in [-0.39, 0.29) is 5.91 Å². The highest BCUT2D eigenvalue weighted by atomic mass is 32.2. The summed E-state index contributed by atoms with van der Waals surface area (Å²) in [4.78, 5) is 14.3. The van der Waals surface area contributed by atoms with Crippen molar-refractivity contribution in [2.24, 2.45) is 0 Å². The van der Waals surface area contributed by atoms with Gasteiger partial charge in [-0.15, -0.1) is 0 Å². The summed E-state index contributed by atoms with van der Waals surface area (Å²) in [6.07, 6.45) is 3.88. The normalized spacial score (nSPS) is 17.2. The van der Waals surface area contributed by atoms with E-state index in [1.54, 1.807) is 23.1 Å². The Labute approximate surface area is 154 Å². The van der Waals surface area contributed by atoms with Crippen molar-refractivity contribution in [1.82, 2.24) is 9.21 Å². The number of furan rings is 1. The van der Waals surface area contributed by atoms with Crippen molar-refractivity contribution in [2.75, 3.05) is 26.2 Å². The lowest BCUT2D eigenvalue weighted by Crippen LogP contribution is -2.50. The molecule has 1 aromatic heterocycles. The zero-order valence-electron chi connectivity index (χ0n) is 15.1. The summed E-state index contributed by atoms with van der Waals surface area (Å²) >= 11 is 0. The van der Waals surface area contributed by atoms with Crippen molar-refractivity contribution in [3.05, 3.63) is 54.0 Å². The van der Waals surface area contributed by atoms with Gasteiger partial charge in [0.25, 0.3) is 5.91 Å². The Hall–Kier alpha value is -2.12. The molecule has 1 fully saturated rings. The molecule has 0 aliphatic carbocycles. The maximum absolute atomic E-state index is 12.9. The SMILES string of the molecule is CC[C@H](C)c1ccc(S(=O)(=O)N2CCN(C(=O)c3ccoc3)CC2)cc1. The van der Waals surface area contributed by atoms with Crippen LogP contribution in [0, 0.1) is 0 Å². The zero-order chi connectivity index (χ0) is 18.7. The first-order valence-corrected chi connectivity index (χ1v) is 10.3. The number of sulfonamides is 1. The molecule has 0 spiro atoms. The third kappa shape index (κ3) is 3.68. The van der Waals surface area contributed by atoms with Gasteiger partial charge in [0.1, 0.15) is 6.26 Å². The highest BCUT2D eigenvalue weighted by molar-refractivity contribution is 7.89. The van der Waals surface area contributed by atoms with Gasteiger partial charge >= 0.3 is 0 Å². The molecular weight excluding hydrogens is 352 g/mol. The minimum atomic E-state index is -3.54. The Morgan fingerprint density at radius 2 is 1.77 bits per heavy atom. The van der Waals surface area contributed by atoms with Crippen LogP contribution in [0.1, 0.15) is 42.1 Å². The number of carbonyl (C=O) groups is 1. The van der Waals surface area contributed by atoms with Crippen molar-refractivity contribution in [2.45, 2.75) is 31.1 Å². The molecule has 0 N–H and O–H groups in total. The van der Waals surface area contributed by atoms with Crippen molar-refractivity contribution >= 4 is 15.9 Å². The maximum atomic E-state index is 12.9. The fourth-order valence-corrected chi connectivity index (χ4v) is 4.48. The molecule has 0 saturated carbocycles. The van der Waals surface area contributed by atoms with Gasteiger partial charge in [0, 0.05) is 26.2 Å². The van der Waals surface area contributed by atoms with Gasteiger partial charge in [-0.3, -0.25) is 4.79 Å². The molecule has 26 heavy (non-hydrogen) atoms. The fourth-order valence-electron chi connectivity index (χ4n) is 3.05. The molecule has 0 unspecified atom stereocenters. The average Bonchev–Trinajstić information content (AvgIpc) is 3.21. The number of amides is 1. The van der Waals surface area contributed by atoms with Crippen LogP contribution in [0.5, 0.6) is 0 Å². The van der Waals surface area contributed by atoms with E-state index >= 15 is 0 Å². The number of hydrogen-bond acceptors (Lipinski definition) is 4. The molecular formula is C19H24N2O4S. The monoisotopic (exact) mass is 376 g/mol. The van der Waals surface area contributed by atoms with Crippen LogP contribution in [0.3, 0.4) is 0 Å². The second kappa shape index (κ2) is 7.63. The Morgan fingerprint density at radius 3 is 2.31 bits per heavy atom. The van der Waals surface area contributed by atoms with Gasteiger partial charge in [-0.05, 0) is 36.1 Å². The number of hydrogen-bond donors (Lipinski definition) is 0. The Kier molecular flexibility index (Phi) is 5.48. The molecule has 2 heterocycles. The quantitative estimate of drug-likeness (QED) is 0.804. The number of piperazine rings is 1. The second-order valence-corrected chi connectivity index (χ2v) is 8.52. The zero-order valence-corrected chi connectivity index (χ0v) is 15.9. The van der Waals surface area contributed by atoms with E-state index < -0.39 is 10.0 Å². The van der Waals surface area contributed by atoms with Crippen LogP contribution in [-0.4, -0.2) is 49.7 Å². The smallest absolute Gasteiger partial charge is 0.257 e. The van der Waals surface area contributed by atoms with E-state index in [1.807, 2.05) is 12.1 Å². The molecule has 1 aliphatic heterocycles. The lowest BCUT2D eigenvalue weighted by molar-refractivity contribution is 0.0697. The largest absolute Gasteiger partial charge is 0.472 e. The highest BCUT2D eigenvalue weighted by Crippen LogP contribution is 2.23. The summed E-state index contributed by atoms with van der Waals surface area (Å²) in [5.41, 5.74) is 1.63. The lowest BCUT2D eigenvalue weighted by Gasteiger charge is -2.33. The van der Waals surface area contributed by atoms with Crippen LogP contribution in [0.15, 0.2) is 52.2 Å². The van der Waals surface area contributed by atoms with E-state index in [2.05, 4.69) is 13.8 Å². The summed E-state index contributed by atoms with van der Waals surface area (Å²) < 4.78 is 32.1. The van der Waals surface area contributed by atoms with Gasteiger partial charge in [0.15, 0.2) is 0 Å². The standard InChI is InChI=1S/C19H24N2O4S/c1-3-15(2)16-4-6-18(7-5-16)26(23,24)21-11-9-20(10-12-21)19(22)17-8-13-25-14-17/h4-8,13-15H,3,9-12H2,1-2H3/t15-/m0/s1. The molecule has 0 bridgehead atoms. The van der Waals surface area contributed by atoms with E-state index in [4.69, 9.17) is 4.42 Å². The van der Waals surface area contributed by atoms with Gasteiger partial charge in [0.05, 0.1) is 16.7 Å². The van der Waals surface area contributed by atoms with E-state index in [9.17, 15) is 13.2 Å². The number of carbonyl (C=O) groups excluding carboxylic acids is 1. The molecule has 1 saturated heterocycles. The molecule has 140 valence electrons. The minimum Gasteiger partial charge on any atom is -0.472 e. The van der Waals surface area contributed by atoms with Crippen LogP contribution < -0.4 is 0 Å². The van der Waals surface area contributed by atoms with Crippen LogP contribution in [0.4, 0.5) is 0 Å². The first-order chi connectivity index (χ1) is 12.4. The number of nitrogens with zero attached hydrogens (tertiary/aromatic N) is 2. The molecule has 2 aromatic rings. The lowest BCUT2D eigenvalue weighted by atomic mass is 9.99. The molecule has 6 nitrogen and oxygen atoms in total. The summed E-state index contributed by atoms with van der Waals surface area (Å²) in [6, 6.07) is 8.75. The van der Waals surface area contributed by atoms with E-state index in [1.165, 1.54) is 16.8 Å². The van der Waals surface area contributed by atoms with E-state index in [0.717, 1.165) is 12.0 Å². The molecule has 1 aromatic carbocycles. The van der Waals surface area contributed by atoms with Gasteiger partial charge in [-0.1, -0.05) is 26.0 Å². The maximum Gasteiger partial charge on any atom is 0.257 e. The second-order valence-electron chi connectivity index (χ2n) is 6.59. The fraction of sp³-hybridized carbons (Fsp3) is 0.421. The third-order valence-electron chi connectivity index (χ3n) is 4.99. The van der Waals surface area contributed by atoms with E-state index in [0.29, 0.717) is 42.6 Å². The molecule has 1 atom stereocenters. The van der Waals surface area contributed by atoms with Crippen molar-refractivity contribution in [3.63, 3.8) is 0 Å². The highest BCUT2D eigenvalue weighted by Gasteiger charge is 2.30. The van der Waals surface area contributed by atoms with Gasteiger partial charge in [-0.25, -0.2) is 8.42 Å². The molecule has 7 heteroatoms. The Morgan fingerprint density at radius 1 is 1.12 bits per heavy atom. The first-order valence-electron chi connectivity index (χ1n) is 8.85. The third-order valence-corrected chi connectivity index (χ3v) is 6.91. The van der Waals surface area contributed by atoms with Crippen molar-refractivity contribution < 1.29 is 17.6 Å². The van der Waals surface area contributed by atoms with Gasteiger partial charge in [0.2, 0.25) is 10.0 Å². The van der Waals surface area contributed by atoms with Crippen LogP contribution >= 0.6 is 0 Å². The summed E-state index contributed by atoms with van der Waals surface area (Å²) in [6.45, 7) is 5.56. The number of benzene rings is 1. The van der Waals surface area contributed by atoms with Crippen molar-refractivity contribution in [1.29, 1.82) is 0 Å².